The first-order chi connectivity index (χ1) is 15.2. The van der Waals surface area contributed by atoms with Crippen LogP contribution in [-0.2, 0) is 11.3 Å². The highest BCUT2D eigenvalue weighted by Gasteiger charge is 2.31. The highest BCUT2D eigenvalue weighted by molar-refractivity contribution is 5.78. The number of benzene rings is 2. The summed E-state index contributed by atoms with van der Waals surface area (Å²) in [5.41, 5.74) is 1.73. The van der Waals surface area contributed by atoms with E-state index in [-0.39, 0.29) is 17.8 Å². The van der Waals surface area contributed by atoms with Crippen LogP contribution in [0.5, 0.6) is 5.75 Å². The SMILES string of the molecule is O=C1CCC(CCNCCOc2ccc(F)cc2)N1Cc1cc(-c2ccccc2)on1. The second-order valence-electron chi connectivity index (χ2n) is 7.60. The van der Waals surface area contributed by atoms with Crippen molar-refractivity contribution in [2.75, 3.05) is 19.7 Å². The maximum absolute atomic E-state index is 12.9. The molecular formula is C24H26FN3O3. The molecule has 0 radical (unpaired) electrons. The molecule has 1 aliphatic rings. The molecule has 2 heterocycles. The molecule has 1 aliphatic heterocycles. The fourth-order valence-corrected chi connectivity index (χ4v) is 3.78. The molecule has 1 aromatic heterocycles. The zero-order chi connectivity index (χ0) is 21.5. The summed E-state index contributed by atoms with van der Waals surface area (Å²) < 4.78 is 23.9. The Bertz CT molecular complexity index is 975. The van der Waals surface area contributed by atoms with Crippen LogP contribution in [-0.4, -0.2) is 41.7 Å². The van der Waals surface area contributed by atoms with Gasteiger partial charge in [0.1, 0.15) is 23.9 Å². The van der Waals surface area contributed by atoms with Gasteiger partial charge in [0.2, 0.25) is 5.91 Å². The number of hydrogen-bond donors (Lipinski definition) is 1. The van der Waals surface area contributed by atoms with Crippen molar-refractivity contribution in [3.05, 3.63) is 72.2 Å². The summed E-state index contributed by atoms with van der Waals surface area (Å²) in [4.78, 5) is 14.3. The molecule has 1 N–H and O–H groups in total. The summed E-state index contributed by atoms with van der Waals surface area (Å²) in [6, 6.07) is 17.9. The van der Waals surface area contributed by atoms with Gasteiger partial charge in [0.05, 0.1) is 6.54 Å². The summed E-state index contributed by atoms with van der Waals surface area (Å²) in [6.07, 6.45) is 2.30. The number of amides is 1. The Morgan fingerprint density at radius 1 is 1.13 bits per heavy atom. The first-order valence-electron chi connectivity index (χ1n) is 10.6. The lowest BCUT2D eigenvalue weighted by Crippen LogP contribution is -2.35. The van der Waals surface area contributed by atoms with Gasteiger partial charge in [0, 0.05) is 30.6 Å². The van der Waals surface area contributed by atoms with Gasteiger partial charge in [-0.25, -0.2) is 4.39 Å². The monoisotopic (exact) mass is 423 g/mol. The van der Waals surface area contributed by atoms with Gasteiger partial charge in [0.25, 0.3) is 0 Å². The average molecular weight is 423 g/mol. The topological polar surface area (TPSA) is 67.6 Å². The van der Waals surface area contributed by atoms with E-state index in [1.807, 2.05) is 41.3 Å². The van der Waals surface area contributed by atoms with Crippen molar-refractivity contribution < 1.29 is 18.4 Å². The Balaban J connectivity index is 1.21. The molecule has 0 saturated carbocycles. The van der Waals surface area contributed by atoms with Crippen molar-refractivity contribution in [2.24, 2.45) is 0 Å². The lowest BCUT2D eigenvalue weighted by molar-refractivity contribution is -0.129. The van der Waals surface area contributed by atoms with E-state index in [1.54, 1.807) is 12.1 Å². The third kappa shape index (κ3) is 5.70. The zero-order valence-corrected chi connectivity index (χ0v) is 17.3. The van der Waals surface area contributed by atoms with Crippen molar-refractivity contribution in [3.8, 4) is 17.1 Å². The van der Waals surface area contributed by atoms with Crippen molar-refractivity contribution in [2.45, 2.75) is 31.8 Å². The van der Waals surface area contributed by atoms with Gasteiger partial charge in [-0.2, -0.15) is 0 Å². The Hall–Kier alpha value is -3.19. The lowest BCUT2D eigenvalue weighted by Gasteiger charge is -2.24. The number of rotatable bonds is 10. The normalized spacial score (nSPS) is 16.1. The van der Waals surface area contributed by atoms with Crippen LogP contribution in [0.3, 0.4) is 0 Å². The predicted octanol–water partition coefficient (Wildman–Crippen LogP) is 4.03. The fraction of sp³-hybridized carbons (Fsp3) is 0.333. The molecule has 1 fully saturated rings. The van der Waals surface area contributed by atoms with E-state index in [2.05, 4.69) is 10.5 Å². The van der Waals surface area contributed by atoms with E-state index < -0.39 is 0 Å². The van der Waals surface area contributed by atoms with Crippen LogP contribution in [0, 0.1) is 5.82 Å². The molecule has 1 unspecified atom stereocenters. The molecule has 7 heteroatoms. The molecule has 3 aromatic rings. The maximum atomic E-state index is 12.9. The molecule has 2 aromatic carbocycles. The molecule has 0 spiro atoms. The molecule has 0 bridgehead atoms. The van der Waals surface area contributed by atoms with Gasteiger partial charge >= 0.3 is 0 Å². The van der Waals surface area contributed by atoms with Gasteiger partial charge in [-0.3, -0.25) is 4.79 Å². The van der Waals surface area contributed by atoms with Gasteiger partial charge in [-0.1, -0.05) is 35.5 Å². The maximum Gasteiger partial charge on any atom is 0.223 e. The Kier molecular flexibility index (Phi) is 6.94. The van der Waals surface area contributed by atoms with Crippen LogP contribution in [0.1, 0.15) is 25.0 Å². The minimum absolute atomic E-state index is 0.161. The van der Waals surface area contributed by atoms with Crippen LogP contribution in [0.4, 0.5) is 4.39 Å². The van der Waals surface area contributed by atoms with E-state index in [1.165, 1.54) is 12.1 Å². The number of nitrogens with zero attached hydrogens (tertiary/aromatic N) is 2. The summed E-state index contributed by atoms with van der Waals surface area (Å²) in [5.74, 6) is 1.25. The molecule has 1 amide bonds. The standard InChI is InChI=1S/C24H26FN3O3/c25-19-6-9-22(10-7-19)30-15-14-26-13-12-21-8-11-24(29)28(21)17-20-16-23(31-27-20)18-4-2-1-3-5-18/h1-7,9-10,16,21,26H,8,11-15,17H2. The summed E-state index contributed by atoms with van der Waals surface area (Å²) >= 11 is 0. The predicted molar refractivity (Wildman–Crippen MR) is 115 cm³/mol. The minimum Gasteiger partial charge on any atom is -0.492 e. The number of carbonyl (C=O) groups is 1. The van der Waals surface area contributed by atoms with E-state index in [0.717, 1.165) is 30.6 Å². The third-order valence-electron chi connectivity index (χ3n) is 5.42. The number of aromatic nitrogens is 1. The number of ether oxygens (including phenoxy) is 1. The number of likely N-dealkylation sites (tertiary alicyclic amines) is 1. The molecule has 1 atom stereocenters. The van der Waals surface area contributed by atoms with Crippen molar-refractivity contribution in [1.82, 2.24) is 15.4 Å². The smallest absolute Gasteiger partial charge is 0.223 e. The average Bonchev–Trinajstić information content (AvgIpc) is 3.40. The first kappa shape index (κ1) is 21.1. The lowest BCUT2D eigenvalue weighted by atomic mass is 10.1. The number of carbonyl (C=O) groups excluding carboxylic acids is 1. The van der Waals surface area contributed by atoms with E-state index in [0.29, 0.717) is 37.6 Å². The van der Waals surface area contributed by atoms with Gasteiger partial charge < -0.3 is 19.5 Å². The highest BCUT2D eigenvalue weighted by atomic mass is 19.1. The Morgan fingerprint density at radius 3 is 2.74 bits per heavy atom. The molecule has 4 rings (SSSR count). The van der Waals surface area contributed by atoms with Gasteiger partial charge in [-0.15, -0.1) is 0 Å². The summed E-state index contributed by atoms with van der Waals surface area (Å²) in [5, 5.41) is 7.50. The quantitative estimate of drug-likeness (QED) is 0.499. The van der Waals surface area contributed by atoms with E-state index >= 15 is 0 Å². The second kappa shape index (κ2) is 10.2. The Labute approximate surface area is 181 Å². The highest BCUT2D eigenvalue weighted by Crippen LogP contribution is 2.25. The largest absolute Gasteiger partial charge is 0.492 e. The zero-order valence-electron chi connectivity index (χ0n) is 17.3. The van der Waals surface area contributed by atoms with Crippen LogP contribution in [0.25, 0.3) is 11.3 Å². The molecule has 1 saturated heterocycles. The van der Waals surface area contributed by atoms with Crippen LogP contribution in [0.15, 0.2) is 65.2 Å². The molecule has 0 aliphatic carbocycles. The number of hydrogen-bond acceptors (Lipinski definition) is 5. The van der Waals surface area contributed by atoms with E-state index in [4.69, 9.17) is 9.26 Å². The van der Waals surface area contributed by atoms with Crippen LogP contribution < -0.4 is 10.1 Å². The second-order valence-corrected chi connectivity index (χ2v) is 7.60. The number of halogens is 1. The molecular weight excluding hydrogens is 397 g/mol. The molecule has 31 heavy (non-hydrogen) atoms. The van der Waals surface area contributed by atoms with Gasteiger partial charge in [0.15, 0.2) is 5.76 Å². The van der Waals surface area contributed by atoms with Crippen molar-refractivity contribution >= 4 is 5.91 Å². The van der Waals surface area contributed by atoms with Crippen LogP contribution in [0.2, 0.25) is 0 Å². The summed E-state index contributed by atoms with van der Waals surface area (Å²) in [6.45, 7) is 2.44. The first-order valence-corrected chi connectivity index (χ1v) is 10.6. The van der Waals surface area contributed by atoms with Crippen molar-refractivity contribution in [3.63, 3.8) is 0 Å². The minimum atomic E-state index is -0.275. The van der Waals surface area contributed by atoms with Crippen LogP contribution >= 0.6 is 0 Å². The molecule has 6 nitrogen and oxygen atoms in total. The number of nitrogens with one attached hydrogen (secondary N) is 1. The van der Waals surface area contributed by atoms with Crippen molar-refractivity contribution in [1.29, 1.82) is 0 Å². The summed E-state index contributed by atoms with van der Waals surface area (Å²) in [7, 11) is 0. The van der Waals surface area contributed by atoms with E-state index in [9.17, 15) is 9.18 Å². The molecule has 162 valence electrons. The Morgan fingerprint density at radius 2 is 1.94 bits per heavy atom. The van der Waals surface area contributed by atoms with Gasteiger partial charge in [-0.05, 0) is 43.7 Å². The third-order valence-corrected chi connectivity index (χ3v) is 5.42. The fourth-order valence-electron chi connectivity index (χ4n) is 3.78.